The van der Waals surface area contributed by atoms with Gasteiger partial charge in [0.2, 0.25) is 0 Å². The van der Waals surface area contributed by atoms with Crippen molar-refractivity contribution in [3.05, 3.63) is 23.9 Å². The molecule has 1 aromatic heterocycles. The molecule has 5 heteroatoms. The average molecular weight is 277 g/mol. The van der Waals surface area contributed by atoms with Crippen LogP contribution in [0.2, 0.25) is 0 Å². The molecule has 0 aliphatic heterocycles. The van der Waals surface area contributed by atoms with Gasteiger partial charge >= 0.3 is 0 Å². The topological polar surface area (TPSA) is 65.5 Å². The Morgan fingerprint density at radius 1 is 1.40 bits per heavy atom. The quantitative estimate of drug-likeness (QED) is 0.874. The molecule has 5 nitrogen and oxygen atoms in total. The molecule has 110 valence electrons. The fraction of sp³-hybridized carbons (Fsp3) is 0.600. The number of pyridine rings is 1. The van der Waals surface area contributed by atoms with Crippen molar-refractivity contribution in [2.75, 3.05) is 25.6 Å². The fourth-order valence-electron chi connectivity index (χ4n) is 2.65. The number of nitrogens with one attached hydrogen (secondary N) is 1. The lowest BCUT2D eigenvalue weighted by Gasteiger charge is -2.30. The smallest absolute Gasteiger partial charge is 0.253 e. The second kappa shape index (κ2) is 6.70. The van der Waals surface area contributed by atoms with Gasteiger partial charge in [-0.2, -0.15) is 0 Å². The Kier molecular flexibility index (Phi) is 4.95. The van der Waals surface area contributed by atoms with Gasteiger partial charge in [0, 0.05) is 38.9 Å². The van der Waals surface area contributed by atoms with E-state index < -0.39 is 0 Å². The first kappa shape index (κ1) is 14.8. The number of carbonyl (C=O) groups is 1. The van der Waals surface area contributed by atoms with Crippen LogP contribution in [0.25, 0.3) is 0 Å². The van der Waals surface area contributed by atoms with Gasteiger partial charge in [-0.05, 0) is 25.0 Å². The fourth-order valence-corrected chi connectivity index (χ4v) is 2.65. The Hall–Kier alpha value is -1.62. The van der Waals surface area contributed by atoms with Crippen LogP contribution in [0.3, 0.4) is 0 Å². The van der Waals surface area contributed by atoms with Gasteiger partial charge in [0.1, 0.15) is 5.82 Å². The Morgan fingerprint density at radius 3 is 2.75 bits per heavy atom. The molecule has 1 fully saturated rings. The van der Waals surface area contributed by atoms with Gasteiger partial charge in [-0.25, -0.2) is 4.98 Å². The van der Waals surface area contributed by atoms with Crippen LogP contribution in [-0.4, -0.2) is 42.7 Å². The van der Waals surface area contributed by atoms with Crippen molar-refractivity contribution in [1.82, 2.24) is 10.3 Å². The van der Waals surface area contributed by atoms with Crippen LogP contribution < -0.4 is 10.2 Å². The zero-order valence-electron chi connectivity index (χ0n) is 12.2. The van der Waals surface area contributed by atoms with Crippen molar-refractivity contribution in [2.24, 2.45) is 5.92 Å². The molecule has 1 saturated carbocycles. The number of hydrogen-bond acceptors (Lipinski definition) is 4. The van der Waals surface area contributed by atoms with Crippen molar-refractivity contribution in [1.29, 1.82) is 0 Å². The predicted octanol–water partition coefficient (Wildman–Crippen LogP) is 1.43. The molecule has 0 saturated heterocycles. The molecule has 1 aromatic rings. The Bertz CT molecular complexity index is 445. The summed E-state index contributed by atoms with van der Waals surface area (Å²) in [7, 11) is 3.83. The lowest BCUT2D eigenvalue weighted by atomic mass is 9.85. The molecule has 0 aromatic carbocycles. The van der Waals surface area contributed by atoms with Gasteiger partial charge in [-0.15, -0.1) is 0 Å². The standard InChI is InChI=1S/C15H23N3O2/c1-18(2)14-8-7-11(9-16-14)15(20)17-13-6-4-3-5-12(13)10-19/h7-9,12-13,19H,3-6,10H2,1-2H3,(H,17,20). The van der Waals surface area contributed by atoms with Crippen molar-refractivity contribution in [3.63, 3.8) is 0 Å². The van der Waals surface area contributed by atoms with Gasteiger partial charge in [0.05, 0.1) is 5.56 Å². The number of anilines is 1. The van der Waals surface area contributed by atoms with Gasteiger partial charge < -0.3 is 15.3 Å². The van der Waals surface area contributed by atoms with Crippen LogP contribution in [0.4, 0.5) is 5.82 Å². The van der Waals surface area contributed by atoms with E-state index in [2.05, 4.69) is 10.3 Å². The number of aliphatic hydroxyl groups excluding tert-OH is 1. The Labute approximate surface area is 120 Å². The summed E-state index contributed by atoms with van der Waals surface area (Å²) in [6, 6.07) is 3.70. The molecule has 1 heterocycles. The normalized spacial score (nSPS) is 22.4. The highest BCUT2D eigenvalue weighted by Gasteiger charge is 2.26. The minimum atomic E-state index is -0.104. The first-order valence-corrected chi connectivity index (χ1v) is 7.17. The molecule has 2 unspecified atom stereocenters. The second-order valence-electron chi connectivity index (χ2n) is 5.61. The third-order valence-corrected chi connectivity index (χ3v) is 3.93. The summed E-state index contributed by atoms with van der Waals surface area (Å²) in [5.74, 6) is 0.905. The van der Waals surface area contributed by atoms with Crippen LogP contribution >= 0.6 is 0 Å². The summed E-state index contributed by atoms with van der Waals surface area (Å²) in [5, 5.41) is 12.4. The molecule has 1 aliphatic carbocycles. The molecule has 0 radical (unpaired) electrons. The highest BCUT2D eigenvalue weighted by Crippen LogP contribution is 2.24. The summed E-state index contributed by atoms with van der Waals surface area (Å²) < 4.78 is 0. The number of hydrogen-bond donors (Lipinski definition) is 2. The lowest BCUT2D eigenvalue weighted by molar-refractivity contribution is 0.0872. The molecule has 2 atom stereocenters. The van der Waals surface area contributed by atoms with E-state index in [0.717, 1.165) is 31.5 Å². The number of aromatic nitrogens is 1. The van der Waals surface area contributed by atoms with Crippen molar-refractivity contribution in [2.45, 2.75) is 31.7 Å². The largest absolute Gasteiger partial charge is 0.396 e. The van der Waals surface area contributed by atoms with Gasteiger partial charge in [0.15, 0.2) is 0 Å². The number of aliphatic hydroxyl groups is 1. The second-order valence-corrected chi connectivity index (χ2v) is 5.61. The van der Waals surface area contributed by atoms with E-state index in [1.807, 2.05) is 25.1 Å². The summed E-state index contributed by atoms with van der Waals surface area (Å²) in [4.78, 5) is 18.3. The molecule has 2 N–H and O–H groups in total. The average Bonchev–Trinajstić information content (AvgIpc) is 2.48. The van der Waals surface area contributed by atoms with E-state index in [4.69, 9.17) is 0 Å². The highest BCUT2D eigenvalue weighted by molar-refractivity contribution is 5.94. The zero-order chi connectivity index (χ0) is 14.5. The summed E-state index contributed by atoms with van der Waals surface area (Å²) >= 11 is 0. The lowest BCUT2D eigenvalue weighted by Crippen LogP contribution is -2.43. The third kappa shape index (κ3) is 3.48. The third-order valence-electron chi connectivity index (χ3n) is 3.93. The maximum absolute atomic E-state index is 12.2. The minimum Gasteiger partial charge on any atom is -0.396 e. The first-order chi connectivity index (χ1) is 9.61. The van der Waals surface area contributed by atoms with E-state index in [1.165, 1.54) is 0 Å². The van der Waals surface area contributed by atoms with Crippen molar-refractivity contribution < 1.29 is 9.90 Å². The first-order valence-electron chi connectivity index (χ1n) is 7.17. The minimum absolute atomic E-state index is 0.0785. The van der Waals surface area contributed by atoms with Crippen LogP contribution in [-0.2, 0) is 0 Å². The maximum Gasteiger partial charge on any atom is 0.253 e. The molecule has 1 aliphatic rings. The summed E-state index contributed by atoms with van der Waals surface area (Å²) in [6.07, 6.45) is 5.77. The van der Waals surface area contributed by atoms with E-state index >= 15 is 0 Å². The van der Waals surface area contributed by atoms with Crippen LogP contribution in [0, 0.1) is 5.92 Å². The van der Waals surface area contributed by atoms with Gasteiger partial charge in [-0.3, -0.25) is 4.79 Å². The number of carbonyl (C=O) groups excluding carboxylic acids is 1. The van der Waals surface area contributed by atoms with E-state index in [0.29, 0.717) is 5.56 Å². The van der Waals surface area contributed by atoms with Crippen LogP contribution in [0.15, 0.2) is 18.3 Å². The van der Waals surface area contributed by atoms with E-state index in [9.17, 15) is 9.90 Å². The van der Waals surface area contributed by atoms with Crippen LogP contribution in [0.5, 0.6) is 0 Å². The SMILES string of the molecule is CN(C)c1ccc(C(=O)NC2CCCCC2CO)cn1. The van der Waals surface area contributed by atoms with Gasteiger partial charge in [-0.1, -0.05) is 12.8 Å². The van der Waals surface area contributed by atoms with E-state index in [-0.39, 0.29) is 24.5 Å². The molecular formula is C15H23N3O2. The summed E-state index contributed by atoms with van der Waals surface area (Å²) in [5.41, 5.74) is 0.567. The molecular weight excluding hydrogens is 254 g/mol. The van der Waals surface area contributed by atoms with Crippen LogP contribution in [0.1, 0.15) is 36.0 Å². The predicted molar refractivity (Wildman–Crippen MR) is 78.9 cm³/mol. The zero-order valence-corrected chi connectivity index (χ0v) is 12.2. The van der Waals surface area contributed by atoms with Crippen molar-refractivity contribution >= 4 is 11.7 Å². The molecule has 1 amide bonds. The highest BCUT2D eigenvalue weighted by atomic mass is 16.3. The Balaban J connectivity index is 2.00. The maximum atomic E-state index is 12.2. The van der Waals surface area contributed by atoms with Crippen molar-refractivity contribution in [3.8, 4) is 0 Å². The van der Waals surface area contributed by atoms with E-state index in [1.54, 1.807) is 12.3 Å². The van der Waals surface area contributed by atoms with Gasteiger partial charge in [0.25, 0.3) is 5.91 Å². The molecule has 0 spiro atoms. The summed E-state index contributed by atoms with van der Waals surface area (Å²) in [6.45, 7) is 0.142. The Morgan fingerprint density at radius 2 is 2.15 bits per heavy atom. The molecule has 20 heavy (non-hydrogen) atoms. The molecule has 2 rings (SSSR count). The number of rotatable bonds is 4. The number of nitrogens with zero attached hydrogens (tertiary/aromatic N) is 2. The molecule has 0 bridgehead atoms. The monoisotopic (exact) mass is 277 g/mol. The number of amides is 1.